The van der Waals surface area contributed by atoms with Gasteiger partial charge >= 0.3 is 0 Å². The molecular weight excluding hydrogens is 304 g/mol. The van der Waals surface area contributed by atoms with Crippen LogP contribution in [0, 0.1) is 6.92 Å². The summed E-state index contributed by atoms with van der Waals surface area (Å²) in [6, 6.07) is 13.4. The van der Waals surface area contributed by atoms with Gasteiger partial charge in [-0.15, -0.1) is 0 Å². The number of carbonyl (C=O) groups excluding carboxylic acids is 1. The lowest BCUT2D eigenvalue weighted by Crippen LogP contribution is -2.05. The first kappa shape index (κ1) is 13.8. The molecule has 0 amide bonds. The van der Waals surface area contributed by atoms with Crippen LogP contribution < -0.4 is 4.74 Å². The van der Waals surface area contributed by atoms with E-state index in [4.69, 9.17) is 4.74 Å². The van der Waals surface area contributed by atoms with Gasteiger partial charge in [-0.1, -0.05) is 24.3 Å². The highest BCUT2D eigenvalue weighted by Gasteiger charge is 2.10. The van der Waals surface area contributed by atoms with E-state index in [0.717, 1.165) is 21.3 Å². The van der Waals surface area contributed by atoms with Crippen molar-refractivity contribution in [2.45, 2.75) is 13.3 Å². The molecule has 0 aliphatic carbocycles. The van der Waals surface area contributed by atoms with E-state index in [1.165, 1.54) is 0 Å². The third-order valence-corrected chi connectivity index (χ3v) is 3.71. The minimum Gasteiger partial charge on any atom is -0.496 e. The van der Waals surface area contributed by atoms with Crippen LogP contribution in [0.1, 0.15) is 21.5 Å². The fourth-order valence-corrected chi connectivity index (χ4v) is 2.46. The van der Waals surface area contributed by atoms with Crippen LogP contribution in [0.3, 0.4) is 0 Å². The molecule has 0 N–H and O–H groups in total. The highest BCUT2D eigenvalue weighted by molar-refractivity contribution is 9.10. The SMILES string of the molecule is COc1ccc(C(=O)Cc2ccccc2C)cc1Br. The Morgan fingerprint density at radius 1 is 1.21 bits per heavy atom. The molecule has 0 fully saturated rings. The maximum Gasteiger partial charge on any atom is 0.167 e. The van der Waals surface area contributed by atoms with Crippen molar-refractivity contribution >= 4 is 21.7 Å². The first-order valence-corrected chi connectivity index (χ1v) is 6.82. The minimum atomic E-state index is 0.109. The average Bonchev–Trinajstić information content (AvgIpc) is 2.41. The van der Waals surface area contributed by atoms with Crippen molar-refractivity contribution in [1.82, 2.24) is 0 Å². The van der Waals surface area contributed by atoms with Gasteiger partial charge in [-0.2, -0.15) is 0 Å². The van der Waals surface area contributed by atoms with Crippen LogP contribution in [0.15, 0.2) is 46.9 Å². The lowest BCUT2D eigenvalue weighted by molar-refractivity contribution is 0.0992. The number of hydrogen-bond donors (Lipinski definition) is 0. The molecule has 0 aliphatic rings. The zero-order valence-corrected chi connectivity index (χ0v) is 12.5. The molecule has 0 heterocycles. The molecule has 3 heteroatoms. The van der Waals surface area contributed by atoms with Crippen LogP contribution in [0.4, 0.5) is 0 Å². The molecule has 0 radical (unpaired) electrons. The van der Waals surface area contributed by atoms with Gasteiger partial charge in [0.05, 0.1) is 11.6 Å². The van der Waals surface area contributed by atoms with Gasteiger partial charge in [0.1, 0.15) is 5.75 Å². The van der Waals surface area contributed by atoms with E-state index in [-0.39, 0.29) is 5.78 Å². The molecule has 0 unspecified atom stereocenters. The molecule has 98 valence electrons. The number of methoxy groups -OCH3 is 1. The molecular formula is C16H15BrO2. The molecule has 2 aromatic carbocycles. The van der Waals surface area contributed by atoms with E-state index < -0.39 is 0 Å². The standard InChI is InChI=1S/C16H15BrO2/c1-11-5-3-4-6-12(11)10-15(18)13-7-8-16(19-2)14(17)9-13/h3-9H,10H2,1-2H3. The number of ketones is 1. The molecule has 0 atom stereocenters. The number of benzene rings is 2. The van der Waals surface area contributed by atoms with E-state index in [1.54, 1.807) is 25.3 Å². The van der Waals surface area contributed by atoms with E-state index in [1.807, 2.05) is 31.2 Å². The fourth-order valence-electron chi connectivity index (χ4n) is 1.92. The maximum absolute atomic E-state index is 12.3. The summed E-state index contributed by atoms with van der Waals surface area (Å²) in [4.78, 5) is 12.3. The van der Waals surface area contributed by atoms with Gasteiger partial charge in [-0.25, -0.2) is 0 Å². The van der Waals surface area contributed by atoms with Crippen LogP contribution in [0.2, 0.25) is 0 Å². The smallest absolute Gasteiger partial charge is 0.167 e. The number of rotatable bonds is 4. The summed E-state index contributed by atoms with van der Waals surface area (Å²) >= 11 is 3.40. The molecule has 2 aromatic rings. The monoisotopic (exact) mass is 318 g/mol. The Hall–Kier alpha value is -1.61. The maximum atomic E-state index is 12.3. The summed E-state index contributed by atoms with van der Waals surface area (Å²) in [5.74, 6) is 0.838. The van der Waals surface area contributed by atoms with E-state index >= 15 is 0 Å². The summed E-state index contributed by atoms with van der Waals surface area (Å²) in [5, 5.41) is 0. The van der Waals surface area contributed by atoms with Gasteiger partial charge in [0, 0.05) is 12.0 Å². The second kappa shape index (κ2) is 6.02. The molecule has 0 spiro atoms. The Morgan fingerprint density at radius 2 is 1.95 bits per heavy atom. The first-order valence-electron chi connectivity index (χ1n) is 6.03. The predicted molar refractivity (Wildman–Crippen MR) is 79.9 cm³/mol. The number of carbonyl (C=O) groups is 1. The summed E-state index contributed by atoms with van der Waals surface area (Å²) in [6.45, 7) is 2.02. The van der Waals surface area contributed by atoms with Crippen LogP contribution in [0.25, 0.3) is 0 Å². The Morgan fingerprint density at radius 3 is 2.58 bits per heavy atom. The molecule has 0 aromatic heterocycles. The van der Waals surface area contributed by atoms with Crippen molar-refractivity contribution in [3.8, 4) is 5.75 Å². The Labute approximate surface area is 121 Å². The topological polar surface area (TPSA) is 26.3 Å². The molecule has 0 saturated carbocycles. The average molecular weight is 319 g/mol. The number of hydrogen-bond acceptors (Lipinski definition) is 2. The zero-order chi connectivity index (χ0) is 13.8. The van der Waals surface area contributed by atoms with Crippen LogP contribution >= 0.6 is 15.9 Å². The Kier molecular flexibility index (Phi) is 4.38. The molecule has 2 nitrogen and oxygen atoms in total. The van der Waals surface area contributed by atoms with Crippen molar-refractivity contribution in [2.75, 3.05) is 7.11 Å². The summed E-state index contributed by atoms with van der Waals surface area (Å²) in [6.07, 6.45) is 0.422. The van der Waals surface area contributed by atoms with E-state index in [2.05, 4.69) is 15.9 Å². The second-order valence-electron chi connectivity index (χ2n) is 4.38. The van der Waals surface area contributed by atoms with Crippen LogP contribution in [-0.4, -0.2) is 12.9 Å². The zero-order valence-electron chi connectivity index (χ0n) is 10.9. The summed E-state index contributed by atoms with van der Waals surface area (Å²) < 4.78 is 5.96. The Bertz CT molecular complexity index is 605. The lowest BCUT2D eigenvalue weighted by atomic mass is 9.99. The van der Waals surface area contributed by atoms with E-state index in [9.17, 15) is 4.79 Å². The number of halogens is 1. The van der Waals surface area contributed by atoms with Crippen molar-refractivity contribution in [1.29, 1.82) is 0 Å². The van der Waals surface area contributed by atoms with Gasteiger partial charge in [0.15, 0.2) is 5.78 Å². The molecule has 0 bridgehead atoms. The quantitative estimate of drug-likeness (QED) is 0.790. The first-order chi connectivity index (χ1) is 9.11. The molecule has 19 heavy (non-hydrogen) atoms. The van der Waals surface area contributed by atoms with Gasteiger partial charge in [0.2, 0.25) is 0 Å². The normalized spacial score (nSPS) is 10.3. The number of Topliss-reactive ketones (excluding diaryl/α,β-unsaturated/α-hetero) is 1. The summed E-state index contributed by atoms with van der Waals surface area (Å²) in [5.41, 5.74) is 2.90. The molecule has 0 aliphatic heterocycles. The minimum absolute atomic E-state index is 0.109. The lowest BCUT2D eigenvalue weighted by Gasteiger charge is -2.07. The van der Waals surface area contributed by atoms with Gasteiger partial charge in [-0.3, -0.25) is 4.79 Å². The number of aryl methyl sites for hydroxylation is 1. The highest BCUT2D eigenvalue weighted by atomic mass is 79.9. The van der Waals surface area contributed by atoms with Crippen LogP contribution in [0.5, 0.6) is 5.75 Å². The molecule has 2 rings (SSSR count). The molecule has 0 saturated heterocycles. The third-order valence-electron chi connectivity index (χ3n) is 3.09. The predicted octanol–water partition coefficient (Wildman–Crippen LogP) is 4.19. The number of ether oxygens (including phenoxy) is 1. The van der Waals surface area contributed by atoms with E-state index in [0.29, 0.717) is 12.0 Å². The van der Waals surface area contributed by atoms with Crippen molar-refractivity contribution in [2.24, 2.45) is 0 Å². The second-order valence-corrected chi connectivity index (χ2v) is 5.23. The third kappa shape index (κ3) is 3.24. The highest BCUT2D eigenvalue weighted by Crippen LogP contribution is 2.26. The van der Waals surface area contributed by atoms with Gasteiger partial charge < -0.3 is 4.74 Å². The largest absolute Gasteiger partial charge is 0.496 e. The van der Waals surface area contributed by atoms with Crippen molar-refractivity contribution in [3.63, 3.8) is 0 Å². The Balaban J connectivity index is 2.21. The van der Waals surface area contributed by atoms with Gasteiger partial charge in [-0.05, 0) is 52.2 Å². The fraction of sp³-hybridized carbons (Fsp3) is 0.188. The van der Waals surface area contributed by atoms with Gasteiger partial charge in [0.25, 0.3) is 0 Å². The van der Waals surface area contributed by atoms with Crippen molar-refractivity contribution < 1.29 is 9.53 Å². The van der Waals surface area contributed by atoms with Crippen molar-refractivity contribution in [3.05, 3.63) is 63.6 Å². The van der Waals surface area contributed by atoms with Crippen LogP contribution in [-0.2, 0) is 6.42 Å². The summed E-state index contributed by atoms with van der Waals surface area (Å²) in [7, 11) is 1.61.